The quantitative estimate of drug-likeness (QED) is 0.0201. The number of unbranched alkanes of at least 4 members (excludes halogenated alkanes) is 21. The van der Waals surface area contributed by atoms with Gasteiger partial charge in [0.25, 0.3) is 0 Å². The second-order valence-electron chi connectivity index (χ2n) is 15.4. The Kier molecular flexibility index (Phi) is 39.3. The predicted molar refractivity (Wildman–Crippen MR) is 232 cm³/mol. The minimum atomic E-state index is -0.832. The van der Waals surface area contributed by atoms with Crippen LogP contribution in [-0.4, -0.2) is 43.1 Å². The van der Waals surface area contributed by atoms with E-state index < -0.39 is 5.41 Å². The molecule has 0 rings (SSSR count). The molecule has 0 saturated carbocycles. The monoisotopic (exact) mass is 823 g/mol. The predicted octanol–water partition coefficient (Wildman–Crippen LogP) is 14.4. The van der Waals surface area contributed by atoms with Crippen molar-refractivity contribution >= 4 is 33.8 Å². The Bertz CT molecular complexity index is 841. The maximum absolute atomic E-state index is 12.7. The molecule has 0 unspecified atom stereocenters. The summed E-state index contributed by atoms with van der Waals surface area (Å²) in [7, 11) is 0. The number of hydrogen-bond donors (Lipinski definition) is 0. The van der Waals surface area contributed by atoms with E-state index >= 15 is 0 Å². The highest BCUT2D eigenvalue weighted by molar-refractivity contribution is 9.09. The van der Waals surface area contributed by atoms with Crippen LogP contribution >= 0.6 is 15.9 Å². The molecule has 0 N–H and O–H groups in total. The van der Waals surface area contributed by atoms with Crippen molar-refractivity contribution < 1.29 is 28.6 Å². The molecule has 0 aromatic heterocycles. The molecule has 0 aliphatic carbocycles. The van der Waals surface area contributed by atoms with Gasteiger partial charge in [-0.1, -0.05) is 169 Å². The van der Waals surface area contributed by atoms with E-state index in [9.17, 15) is 14.4 Å². The molecule has 0 aromatic carbocycles. The summed E-state index contributed by atoms with van der Waals surface area (Å²) in [6.07, 6.45) is 45.1. The normalized spacial score (nSPS) is 12.0. The highest BCUT2D eigenvalue weighted by atomic mass is 79.9. The molecule has 0 heterocycles. The van der Waals surface area contributed by atoms with Crippen LogP contribution in [0.2, 0.25) is 0 Å². The van der Waals surface area contributed by atoms with Crippen molar-refractivity contribution in [3.8, 4) is 0 Å². The van der Waals surface area contributed by atoms with Crippen LogP contribution in [0.3, 0.4) is 0 Å². The Morgan fingerprint density at radius 2 is 0.630 bits per heavy atom. The molecule has 0 aliphatic rings. The minimum Gasteiger partial charge on any atom is -0.465 e. The topological polar surface area (TPSA) is 78.9 Å². The maximum Gasteiger partial charge on any atom is 0.305 e. The number of esters is 3. The van der Waals surface area contributed by atoms with Crippen molar-refractivity contribution in [2.45, 2.75) is 213 Å². The lowest BCUT2D eigenvalue weighted by molar-refractivity contribution is -0.160. The standard InChI is InChI=1S/C47H83BrO6/c1-4-7-10-13-16-19-22-25-28-31-34-37-44(49)52-41-47(40-48,42-53-45(50)38-35-32-29-26-23-20-17-14-11-8-5-2)43-54-46(51)39-36-33-30-27-24-21-18-15-12-9-6-3/h13-18H,4-12,19-43H2,1-3H3/b16-13-,17-14-,18-15-. The molecule has 6 nitrogen and oxygen atoms in total. The van der Waals surface area contributed by atoms with Gasteiger partial charge in [-0.05, 0) is 77.0 Å². The number of hydrogen-bond acceptors (Lipinski definition) is 6. The van der Waals surface area contributed by atoms with Gasteiger partial charge in [-0.3, -0.25) is 14.4 Å². The van der Waals surface area contributed by atoms with Crippen LogP contribution in [0, 0.1) is 5.41 Å². The Balaban J connectivity index is 4.68. The van der Waals surface area contributed by atoms with Crippen LogP contribution in [0.4, 0.5) is 0 Å². The summed E-state index contributed by atoms with van der Waals surface area (Å²) in [4.78, 5) is 38.2. The van der Waals surface area contributed by atoms with Gasteiger partial charge in [0, 0.05) is 24.6 Å². The highest BCUT2D eigenvalue weighted by Gasteiger charge is 2.35. The largest absolute Gasteiger partial charge is 0.465 e. The van der Waals surface area contributed by atoms with Gasteiger partial charge in [-0.15, -0.1) is 0 Å². The first kappa shape index (κ1) is 52.1. The van der Waals surface area contributed by atoms with Gasteiger partial charge in [0.2, 0.25) is 0 Å². The number of rotatable bonds is 40. The molecule has 0 bridgehead atoms. The Morgan fingerprint density at radius 1 is 0.389 bits per heavy atom. The summed E-state index contributed by atoms with van der Waals surface area (Å²) < 4.78 is 17.2. The molecule has 0 atom stereocenters. The van der Waals surface area contributed by atoms with E-state index in [1.54, 1.807) is 0 Å². The molecule has 0 amide bonds. The number of carbonyl (C=O) groups excluding carboxylic acids is 3. The number of alkyl halides is 1. The lowest BCUT2D eigenvalue weighted by atomic mass is 9.94. The zero-order valence-electron chi connectivity index (χ0n) is 35.3. The maximum atomic E-state index is 12.7. The average molecular weight is 824 g/mol. The molecule has 54 heavy (non-hydrogen) atoms. The Labute approximate surface area is 341 Å². The summed E-state index contributed by atoms with van der Waals surface area (Å²) in [5.74, 6) is -0.779. The minimum absolute atomic E-state index is 0.0296. The number of allylic oxidation sites excluding steroid dienone is 6. The second kappa shape index (κ2) is 40.8. The average Bonchev–Trinajstić information content (AvgIpc) is 3.18. The van der Waals surface area contributed by atoms with Gasteiger partial charge in [0.05, 0.1) is 5.41 Å². The third kappa shape index (κ3) is 35.8. The molecular weight excluding hydrogens is 740 g/mol. The van der Waals surface area contributed by atoms with Gasteiger partial charge < -0.3 is 14.2 Å². The van der Waals surface area contributed by atoms with E-state index in [0.717, 1.165) is 77.0 Å². The summed E-state index contributed by atoms with van der Waals surface area (Å²) >= 11 is 3.57. The van der Waals surface area contributed by atoms with Crippen LogP contribution < -0.4 is 0 Å². The molecular formula is C47H83BrO6. The molecule has 0 fully saturated rings. The number of halogens is 1. The molecule has 0 saturated heterocycles. The van der Waals surface area contributed by atoms with Gasteiger partial charge in [-0.25, -0.2) is 0 Å². The van der Waals surface area contributed by atoms with E-state index in [1.165, 1.54) is 96.3 Å². The van der Waals surface area contributed by atoms with Crippen LogP contribution in [0.15, 0.2) is 36.5 Å². The fourth-order valence-electron chi connectivity index (χ4n) is 6.02. The third-order valence-electron chi connectivity index (χ3n) is 9.83. The van der Waals surface area contributed by atoms with E-state index in [4.69, 9.17) is 14.2 Å². The zero-order chi connectivity index (χ0) is 39.6. The molecule has 0 spiro atoms. The fraction of sp³-hybridized carbons (Fsp3) is 0.809. The smallest absolute Gasteiger partial charge is 0.305 e. The number of ether oxygens (including phenoxy) is 3. The SMILES string of the molecule is CCCC/C=C\CCCCCCCC(=O)OCC(CBr)(COC(=O)CCCCCCC/C=C\CCCC)COC(=O)CCCCCCC/C=C\CCCC. The first-order chi connectivity index (χ1) is 26.4. The molecule has 0 aromatic rings. The van der Waals surface area contributed by atoms with E-state index in [0.29, 0.717) is 24.6 Å². The second-order valence-corrected chi connectivity index (χ2v) is 15.9. The van der Waals surface area contributed by atoms with Crippen molar-refractivity contribution in [3.05, 3.63) is 36.5 Å². The summed E-state index contributed by atoms with van der Waals surface area (Å²) in [6, 6.07) is 0. The zero-order valence-corrected chi connectivity index (χ0v) is 36.9. The van der Waals surface area contributed by atoms with Gasteiger partial charge in [0.1, 0.15) is 19.8 Å². The van der Waals surface area contributed by atoms with Crippen LogP contribution in [0.5, 0.6) is 0 Å². The van der Waals surface area contributed by atoms with E-state index in [-0.39, 0.29) is 37.7 Å². The van der Waals surface area contributed by atoms with E-state index in [1.807, 2.05) is 0 Å². The van der Waals surface area contributed by atoms with E-state index in [2.05, 4.69) is 73.2 Å². The number of carbonyl (C=O) groups is 3. The van der Waals surface area contributed by atoms with Crippen molar-refractivity contribution in [3.63, 3.8) is 0 Å². The van der Waals surface area contributed by atoms with Crippen LogP contribution in [0.1, 0.15) is 213 Å². The first-order valence-electron chi connectivity index (χ1n) is 22.4. The fourth-order valence-corrected chi connectivity index (χ4v) is 6.50. The summed E-state index contributed by atoms with van der Waals surface area (Å²) in [6.45, 7) is 6.74. The first-order valence-corrected chi connectivity index (χ1v) is 23.5. The van der Waals surface area contributed by atoms with Crippen molar-refractivity contribution in [1.29, 1.82) is 0 Å². The summed E-state index contributed by atoms with van der Waals surface area (Å²) in [5, 5.41) is 0.376. The van der Waals surface area contributed by atoms with Crippen molar-refractivity contribution in [2.75, 3.05) is 25.2 Å². The molecule has 314 valence electrons. The van der Waals surface area contributed by atoms with Crippen molar-refractivity contribution in [2.24, 2.45) is 5.41 Å². The van der Waals surface area contributed by atoms with Crippen molar-refractivity contribution in [1.82, 2.24) is 0 Å². The Morgan fingerprint density at radius 3 is 0.889 bits per heavy atom. The Hall–Kier alpha value is -1.89. The van der Waals surface area contributed by atoms with Gasteiger partial charge in [-0.2, -0.15) is 0 Å². The van der Waals surface area contributed by atoms with Gasteiger partial charge in [0.15, 0.2) is 0 Å². The van der Waals surface area contributed by atoms with Crippen LogP contribution in [-0.2, 0) is 28.6 Å². The molecule has 0 aliphatic heterocycles. The molecule has 7 heteroatoms. The summed E-state index contributed by atoms with van der Waals surface area (Å²) in [5.41, 5.74) is -0.832. The van der Waals surface area contributed by atoms with Crippen LogP contribution in [0.25, 0.3) is 0 Å². The lowest BCUT2D eigenvalue weighted by Gasteiger charge is -2.30. The van der Waals surface area contributed by atoms with Gasteiger partial charge >= 0.3 is 17.9 Å². The molecule has 0 radical (unpaired) electrons. The third-order valence-corrected chi connectivity index (χ3v) is 11.0. The lowest BCUT2D eigenvalue weighted by Crippen LogP contribution is -2.41. The highest BCUT2D eigenvalue weighted by Crippen LogP contribution is 2.24.